The Labute approximate surface area is 152 Å². The molecule has 0 unspecified atom stereocenters. The number of anilines is 1. The molecule has 0 aliphatic heterocycles. The number of nitrogens with one attached hydrogen (secondary N) is 1. The summed E-state index contributed by atoms with van der Waals surface area (Å²) < 4.78 is 4.06. The monoisotopic (exact) mass is 368 g/mol. The second kappa shape index (κ2) is 6.49. The molecule has 0 aliphatic carbocycles. The number of nitrogens with zero attached hydrogens (tertiary/aromatic N) is 5. The molecule has 8 nitrogen and oxygen atoms in total. The zero-order valence-electron chi connectivity index (χ0n) is 13.4. The van der Waals surface area contributed by atoms with Crippen molar-refractivity contribution in [3.63, 3.8) is 0 Å². The number of amides is 1. The van der Waals surface area contributed by atoms with Crippen molar-refractivity contribution in [2.75, 3.05) is 5.32 Å². The van der Waals surface area contributed by atoms with E-state index in [1.807, 2.05) is 0 Å². The maximum Gasteiger partial charge on any atom is 0.350 e. The zero-order chi connectivity index (χ0) is 18.1. The lowest BCUT2D eigenvalue weighted by Crippen LogP contribution is -2.28. The van der Waals surface area contributed by atoms with Gasteiger partial charge in [-0.05, 0) is 30.3 Å². The predicted molar refractivity (Wildman–Crippen MR) is 96.7 cm³/mol. The van der Waals surface area contributed by atoms with Crippen LogP contribution in [0.4, 0.5) is 5.69 Å². The van der Waals surface area contributed by atoms with Gasteiger partial charge >= 0.3 is 5.69 Å². The quantitative estimate of drug-likeness (QED) is 0.596. The van der Waals surface area contributed by atoms with Gasteiger partial charge in [-0.1, -0.05) is 23.7 Å². The van der Waals surface area contributed by atoms with Crippen LogP contribution in [0, 0.1) is 0 Å². The normalized spacial score (nSPS) is 11.0. The highest BCUT2D eigenvalue weighted by Crippen LogP contribution is 2.27. The van der Waals surface area contributed by atoms with Crippen LogP contribution in [0.2, 0.25) is 5.02 Å². The summed E-state index contributed by atoms with van der Waals surface area (Å²) in [6, 6.07) is 12.1. The fraction of sp³-hybridized carbons (Fsp3) is 0.0588. The molecule has 1 amide bonds. The SMILES string of the molecule is O=C(Cn1nc2ccccn2c1=O)Nc1cccc(Cl)c1-n1cccn1. The first-order valence-corrected chi connectivity index (χ1v) is 8.14. The molecule has 1 N–H and O–H groups in total. The second-order valence-electron chi connectivity index (χ2n) is 5.50. The molecule has 0 aliphatic rings. The number of hydrogen-bond donors (Lipinski definition) is 1. The summed E-state index contributed by atoms with van der Waals surface area (Å²) in [6.45, 7) is -0.217. The topological polar surface area (TPSA) is 86.2 Å². The molecule has 0 saturated heterocycles. The highest BCUT2D eigenvalue weighted by molar-refractivity contribution is 6.33. The fourth-order valence-electron chi connectivity index (χ4n) is 2.65. The summed E-state index contributed by atoms with van der Waals surface area (Å²) in [5.41, 5.74) is 1.14. The summed E-state index contributed by atoms with van der Waals surface area (Å²) in [5, 5.41) is 11.5. The zero-order valence-corrected chi connectivity index (χ0v) is 14.2. The molecule has 0 radical (unpaired) electrons. The average molecular weight is 369 g/mol. The molecule has 3 heterocycles. The fourth-order valence-corrected chi connectivity index (χ4v) is 2.91. The maximum atomic E-state index is 12.5. The van der Waals surface area contributed by atoms with Gasteiger partial charge in [0.05, 0.1) is 10.7 Å². The van der Waals surface area contributed by atoms with Crippen LogP contribution in [0.1, 0.15) is 0 Å². The van der Waals surface area contributed by atoms with E-state index in [-0.39, 0.29) is 12.2 Å². The molecule has 0 atom stereocenters. The Kier molecular flexibility index (Phi) is 4.02. The predicted octanol–water partition coefficient (Wildman–Crippen LogP) is 1.97. The molecule has 0 saturated carbocycles. The highest BCUT2D eigenvalue weighted by atomic mass is 35.5. The van der Waals surface area contributed by atoms with Crippen LogP contribution in [-0.2, 0) is 11.3 Å². The van der Waals surface area contributed by atoms with Crippen molar-refractivity contribution in [3.05, 3.63) is 76.6 Å². The number of para-hydroxylation sites is 1. The molecule has 130 valence electrons. The van der Waals surface area contributed by atoms with Gasteiger partial charge in [0, 0.05) is 18.6 Å². The van der Waals surface area contributed by atoms with Gasteiger partial charge in [0.1, 0.15) is 12.2 Å². The molecule has 26 heavy (non-hydrogen) atoms. The first-order valence-electron chi connectivity index (χ1n) is 7.76. The first kappa shape index (κ1) is 16.1. The Bertz CT molecular complexity index is 1150. The minimum atomic E-state index is -0.397. The van der Waals surface area contributed by atoms with E-state index >= 15 is 0 Å². The third-order valence-corrected chi connectivity index (χ3v) is 4.08. The molecule has 4 rings (SSSR count). The lowest BCUT2D eigenvalue weighted by atomic mass is 10.2. The van der Waals surface area contributed by atoms with Gasteiger partial charge in [0.15, 0.2) is 5.65 Å². The van der Waals surface area contributed by atoms with E-state index in [9.17, 15) is 9.59 Å². The van der Waals surface area contributed by atoms with Gasteiger partial charge in [0.25, 0.3) is 0 Å². The molecule has 4 aromatic rings. The average Bonchev–Trinajstić information content (AvgIpc) is 3.24. The van der Waals surface area contributed by atoms with Gasteiger partial charge in [-0.15, -0.1) is 5.10 Å². The maximum absolute atomic E-state index is 12.5. The number of rotatable bonds is 4. The summed E-state index contributed by atoms with van der Waals surface area (Å²) in [6.07, 6.45) is 4.94. The number of fused-ring (bicyclic) bond motifs is 1. The van der Waals surface area contributed by atoms with Crippen molar-refractivity contribution >= 4 is 28.8 Å². The number of hydrogen-bond acceptors (Lipinski definition) is 4. The van der Waals surface area contributed by atoms with Crippen LogP contribution in [0.15, 0.2) is 65.8 Å². The van der Waals surface area contributed by atoms with Crippen molar-refractivity contribution in [1.29, 1.82) is 0 Å². The van der Waals surface area contributed by atoms with Crippen LogP contribution < -0.4 is 11.0 Å². The van der Waals surface area contributed by atoms with Crippen molar-refractivity contribution in [1.82, 2.24) is 24.0 Å². The second-order valence-corrected chi connectivity index (χ2v) is 5.91. The Morgan fingerprint density at radius 3 is 2.77 bits per heavy atom. The standard InChI is InChI=1S/C17H13ClN6O2/c18-12-5-3-6-13(16(12)23-10-4-8-19-23)20-15(25)11-24-17(26)22-9-2-1-7-14(22)21-24/h1-10H,11H2,(H,20,25). The van der Waals surface area contributed by atoms with Gasteiger partial charge in [-0.2, -0.15) is 5.10 Å². The van der Waals surface area contributed by atoms with Gasteiger partial charge in [0.2, 0.25) is 5.91 Å². The number of benzene rings is 1. The molecule has 1 aromatic carbocycles. The molecule has 0 spiro atoms. The minimum absolute atomic E-state index is 0.217. The molecular weight excluding hydrogens is 356 g/mol. The Morgan fingerprint density at radius 1 is 1.12 bits per heavy atom. The molecule has 0 bridgehead atoms. The first-order chi connectivity index (χ1) is 12.6. The van der Waals surface area contributed by atoms with E-state index in [1.165, 1.54) is 4.40 Å². The van der Waals surface area contributed by atoms with Gasteiger partial charge in [-0.25, -0.2) is 14.2 Å². The third kappa shape index (κ3) is 2.86. The van der Waals surface area contributed by atoms with Crippen molar-refractivity contribution in [3.8, 4) is 5.69 Å². The van der Waals surface area contributed by atoms with Gasteiger partial charge < -0.3 is 5.32 Å². The van der Waals surface area contributed by atoms with Crippen LogP contribution in [0.3, 0.4) is 0 Å². The largest absolute Gasteiger partial charge is 0.350 e. The summed E-state index contributed by atoms with van der Waals surface area (Å²) >= 11 is 6.26. The van der Waals surface area contributed by atoms with Gasteiger partial charge in [-0.3, -0.25) is 9.20 Å². The lowest BCUT2D eigenvalue weighted by Gasteiger charge is -2.12. The highest BCUT2D eigenvalue weighted by Gasteiger charge is 2.14. The number of carbonyl (C=O) groups excluding carboxylic acids is 1. The van der Waals surface area contributed by atoms with E-state index in [0.717, 1.165) is 4.68 Å². The number of carbonyl (C=O) groups is 1. The Balaban J connectivity index is 1.62. The smallest absolute Gasteiger partial charge is 0.323 e. The third-order valence-electron chi connectivity index (χ3n) is 3.78. The Hall–Kier alpha value is -3.39. The van der Waals surface area contributed by atoms with E-state index in [4.69, 9.17) is 11.6 Å². The number of pyridine rings is 1. The van der Waals surface area contributed by atoms with Crippen LogP contribution in [0.25, 0.3) is 11.3 Å². The molecule has 3 aromatic heterocycles. The number of aromatic nitrogens is 5. The lowest BCUT2D eigenvalue weighted by molar-refractivity contribution is -0.117. The summed E-state index contributed by atoms with van der Waals surface area (Å²) in [4.78, 5) is 24.7. The molecule has 0 fully saturated rings. The Morgan fingerprint density at radius 2 is 2.00 bits per heavy atom. The van der Waals surface area contributed by atoms with E-state index in [1.54, 1.807) is 65.7 Å². The molecule has 9 heteroatoms. The minimum Gasteiger partial charge on any atom is -0.323 e. The van der Waals surface area contributed by atoms with E-state index in [0.29, 0.717) is 22.0 Å². The van der Waals surface area contributed by atoms with Crippen LogP contribution in [-0.4, -0.2) is 29.9 Å². The summed E-state index contributed by atoms with van der Waals surface area (Å²) in [5.74, 6) is -0.397. The molecular formula is C17H13ClN6O2. The van der Waals surface area contributed by atoms with E-state index in [2.05, 4.69) is 15.5 Å². The van der Waals surface area contributed by atoms with Crippen molar-refractivity contribution in [2.24, 2.45) is 0 Å². The van der Waals surface area contributed by atoms with Crippen molar-refractivity contribution in [2.45, 2.75) is 6.54 Å². The van der Waals surface area contributed by atoms with Crippen LogP contribution >= 0.6 is 11.6 Å². The van der Waals surface area contributed by atoms with E-state index < -0.39 is 5.91 Å². The van der Waals surface area contributed by atoms with Crippen LogP contribution in [0.5, 0.6) is 0 Å². The summed E-state index contributed by atoms with van der Waals surface area (Å²) in [7, 11) is 0. The number of halogens is 1. The van der Waals surface area contributed by atoms with Crippen molar-refractivity contribution < 1.29 is 4.79 Å².